The van der Waals surface area contributed by atoms with E-state index in [4.69, 9.17) is 4.98 Å². The van der Waals surface area contributed by atoms with Crippen molar-refractivity contribution in [2.24, 2.45) is 0 Å². The molecular formula is C15H21N5S. The first-order chi connectivity index (χ1) is 10.2. The van der Waals surface area contributed by atoms with Crippen LogP contribution in [0.4, 0.5) is 0 Å². The zero-order chi connectivity index (χ0) is 14.8. The third-order valence-electron chi connectivity index (χ3n) is 3.44. The zero-order valence-electron chi connectivity index (χ0n) is 12.7. The van der Waals surface area contributed by atoms with Crippen molar-refractivity contribution in [3.05, 3.63) is 35.5 Å². The fourth-order valence-electron chi connectivity index (χ4n) is 2.41. The van der Waals surface area contributed by atoms with Gasteiger partial charge in [0.1, 0.15) is 5.82 Å². The molecule has 3 aromatic rings. The van der Waals surface area contributed by atoms with Crippen LogP contribution in [0.2, 0.25) is 0 Å². The largest absolute Gasteiger partial charge is 0.309 e. The van der Waals surface area contributed by atoms with Gasteiger partial charge in [-0.25, -0.2) is 9.97 Å². The highest BCUT2D eigenvalue weighted by Crippen LogP contribution is 2.22. The molecule has 0 aliphatic rings. The number of imidazole rings is 2. The Balaban J connectivity index is 2.06. The lowest BCUT2D eigenvalue weighted by atomic mass is 10.3. The van der Waals surface area contributed by atoms with Crippen LogP contribution in [0, 0.1) is 0 Å². The molecule has 0 saturated heterocycles. The van der Waals surface area contributed by atoms with Gasteiger partial charge in [-0.15, -0.1) is 11.3 Å². The van der Waals surface area contributed by atoms with Crippen LogP contribution in [-0.4, -0.2) is 25.0 Å². The molecule has 5 nitrogen and oxygen atoms in total. The Bertz CT molecular complexity index is 721. The topological polar surface area (TPSA) is 47.2 Å². The van der Waals surface area contributed by atoms with Gasteiger partial charge in [0.15, 0.2) is 10.8 Å². The van der Waals surface area contributed by atoms with E-state index in [-0.39, 0.29) is 0 Å². The molecule has 0 spiro atoms. The maximum atomic E-state index is 4.80. The normalized spacial score (nSPS) is 11.8. The second kappa shape index (κ2) is 5.99. The zero-order valence-corrected chi connectivity index (χ0v) is 13.5. The van der Waals surface area contributed by atoms with Gasteiger partial charge >= 0.3 is 0 Å². The summed E-state index contributed by atoms with van der Waals surface area (Å²) in [6.07, 6.45) is 8.01. The maximum absolute atomic E-state index is 4.80. The minimum absolute atomic E-state index is 0.444. The fraction of sp³-hybridized carbons (Fsp3) is 0.467. The number of hydrogen-bond acceptors (Lipinski definition) is 4. The van der Waals surface area contributed by atoms with Crippen molar-refractivity contribution in [3.63, 3.8) is 0 Å². The molecule has 0 amide bonds. The van der Waals surface area contributed by atoms with Gasteiger partial charge in [-0.2, -0.15) is 0 Å². The average Bonchev–Trinajstić information content (AvgIpc) is 3.11. The maximum Gasteiger partial charge on any atom is 0.195 e. The molecule has 3 heterocycles. The summed E-state index contributed by atoms with van der Waals surface area (Å²) in [6.45, 7) is 7.29. The van der Waals surface area contributed by atoms with E-state index in [0.29, 0.717) is 6.04 Å². The van der Waals surface area contributed by atoms with Crippen molar-refractivity contribution in [2.75, 3.05) is 0 Å². The van der Waals surface area contributed by atoms with Gasteiger partial charge in [0, 0.05) is 43.0 Å². The number of rotatable bonds is 6. The molecule has 0 unspecified atom stereocenters. The number of nitrogens with one attached hydrogen (secondary N) is 1. The van der Waals surface area contributed by atoms with Crippen LogP contribution in [0.5, 0.6) is 0 Å². The summed E-state index contributed by atoms with van der Waals surface area (Å²) in [5.41, 5.74) is 1.19. The molecule has 0 saturated carbocycles. The van der Waals surface area contributed by atoms with Crippen molar-refractivity contribution >= 4 is 16.3 Å². The lowest BCUT2D eigenvalue weighted by Crippen LogP contribution is -2.23. The number of hydrogen-bond donors (Lipinski definition) is 1. The summed E-state index contributed by atoms with van der Waals surface area (Å²) in [6, 6.07) is 0.444. The van der Waals surface area contributed by atoms with Gasteiger partial charge in [-0.1, -0.05) is 20.8 Å². The Kier molecular flexibility index (Phi) is 4.07. The van der Waals surface area contributed by atoms with Gasteiger partial charge in [-0.05, 0) is 6.42 Å². The highest BCUT2D eigenvalue weighted by molar-refractivity contribution is 7.15. The minimum Gasteiger partial charge on any atom is -0.309 e. The highest BCUT2D eigenvalue weighted by Gasteiger charge is 2.17. The molecule has 0 radical (unpaired) electrons. The molecule has 3 aromatic heterocycles. The third kappa shape index (κ3) is 2.73. The van der Waals surface area contributed by atoms with E-state index in [1.54, 1.807) is 11.3 Å². The first-order valence-electron chi connectivity index (χ1n) is 7.41. The summed E-state index contributed by atoms with van der Waals surface area (Å²) in [7, 11) is 0. The van der Waals surface area contributed by atoms with Gasteiger partial charge < -0.3 is 5.32 Å². The van der Waals surface area contributed by atoms with Gasteiger partial charge in [0.2, 0.25) is 0 Å². The van der Waals surface area contributed by atoms with E-state index in [0.717, 1.165) is 36.0 Å². The number of aromatic nitrogens is 4. The quantitative estimate of drug-likeness (QED) is 0.761. The van der Waals surface area contributed by atoms with Crippen LogP contribution in [0.1, 0.15) is 38.7 Å². The summed E-state index contributed by atoms with van der Waals surface area (Å²) >= 11 is 1.66. The predicted octanol–water partition coefficient (Wildman–Crippen LogP) is 3.03. The van der Waals surface area contributed by atoms with Crippen molar-refractivity contribution in [1.29, 1.82) is 0 Å². The van der Waals surface area contributed by atoms with Gasteiger partial charge in [-0.3, -0.25) is 8.97 Å². The van der Waals surface area contributed by atoms with Crippen molar-refractivity contribution in [2.45, 2.75) is 46.2 Å². The Hall–Kier alpha value is -1.66. The minimum atomic E-state index is 0.444. The summed E-state index contributed by atoms with van der Waals surface area (Å²) < 4.78 is 4.30. The first kappa shape index (κ1) is 14.3. The molecule has 3 rings (SSSR count). The second-order valence-corrected chi connectivity index (χ2v) is 6.31. The van der Waals surface area contributed by atoms with E-state index in [1.165, 1.54) is 5.69 Å². The Labute approximate surface area is 128 Å². The molecule has 0 aromatic carbocycles. The monoisotopic (exact) mass is 303 g/mol. The molecule has 6 heteroatoms. The van der Waals surface area contributed by atoms with Crippen molar-refractivity contribution < 1.29 is 0 Å². The van der Waals surface area contributed by atoms with Crippen LogP contribution in [0.15, 0.2) is 24.0 Å². The van der Waals surface area contributed by atoms with E-state index in [2.05, 4.69) is 51.6 Å². The van der Waals surface area contributed by atoms with Gasteiger partial charge in [0.05, 0.1) is 5.69 Å². The Morgan fingerprint density at radius 2 is 2.19 bits per heavy atom. The Morgan fingerprint density at radius 1 is 1.33 bits per heavy atom. The molecule has 0 fully saturated rings. The van der Waals surface area contributed by atoms with Crippen molar-refractivity contribution in [3.8, 4) is 5.82 Å². The Morgan fingerprint density at radius 3 is 2.95 bits per heavy atom. The number of aryl methyl sites for hydroxylation is 1. The molecule has 0 aliphatic carbocycles. The summed E-state index contributed by atoms with van der Waals surface area (Å²) in [4.78, 5) is 10.3. The standard InChI is InChI=1S/C15H21N5S/c1-4-5-13-16-6-7-20(13)14-12(10-17-11(2)3)19-8-9-21-15(19)18-14/h6-9,11,17H,4-5,10H2,1-3H3. The number of fused-ring (bicyclic) bond motifs is 1. The SMILES string of the molecule is CCCc1nccn1-c1nc2sccn2c1CNC(C)C. The van der Waals surface area contributed by atoms with E-state index < -0.39 is 0 Å². The van der Waals surface area contributed by atoms with Crippen LogP contribution >= 0.6 is 11.3 Å². The molecule has 0 aliphatic heterocycles. The molecule has 21 heavy (non-hydrogen) atoms. The molecule has 112 valence electrons. The number of thiazole rings is 1. The van der Waals surface area contributed by atoms with E-state index >= 15 is 0 Å². The lowest BCUT2D eigenvalue weighted by molar-refractivity contribution is 0.577. The summed E-state index contributed by atoms with van der Waals surface area (Å²) in [5.74, 6) is 2.07. The lowest BCUT2D eigenvalue weighted by Gasteiger charge is -2.11. The van der Waals surface area contributed by atoms with Crippen LogP contribution < -0.4 is 5.32 Å². The predicted molar refractivity (Wildman–Crippen MR) is 86.2 cm³/mol. The van der Waals surface area contributed by atoms with Gasteiger partial charge in [0.25, 0.3) is 0 Å². The average molecular weight is 303 g/mol. The van der Waals surface area contributed by atoms with E-state index in [9.17, 15) is 0 Å². The molecule has 1 N–H and O–H groups in total. The molecular weight excluding hydrogens is 282 g/mol. The highest BCUT2D eigenvalue weighted by atomic mass is 32.1. The van der Waals surface area contributed by atoms with Crippen LogP contribution in [0.25, 0.3) is 10.8 Å². The number of nitrogens with zero attached hydrogens (tertiary/aromatic N) is 4. The smallest absolute Gasteiger partial charge is 0.195 e. The molecule has 0 atom stereocenters. The summed E-state index contributed by atoms with van der Waals surface area (Å²) in [5, 5.41) is 5.57. The fourth-order valence-corrected chi connectivity index (χ4v) is 3.14. The third-order valence-corrected chi connectivity index (χ3v) is 4.19. The second-order valence-electron chi connectivity index (χ2n) is 5.44. The van der Waals surface area contributed by atoms with Crippen molar-refractivity contribution in [1.82, 2.24) is 24.3 Å². The van der Waals surface area contributed by atoms with Crippen LogP contribution in [-0.2, 0) is 13.0 Å². The van der Waals surface area contributed by atoms with E-state index in [1.807, 2.05) is 12.4 Å². The van der Waals surface area contributed by atoms with Crippen LogP contribution in [0.3, 0.4) is 0 Å². The first-order valence-corrected chi connectivity index (χ1v) is 8.29. The molecule has 0 bridgehead atoms.